The molecule has 0 saturated heterocycles. The predicted octanol–water partition coefficient (Wildman–Crippen LogP) is 4.25. The zero-order valence-corrected chi connectivity index (χ0v) is 15.3. The molecule has 0 N–H and O–H groups in total. The number of aryl methyl sites for hydroxylation is 1. The van der Waals surface area contributed by atoms with Crippen molar-refractivity contribution < 1.29 is 0 Å². The Balaban J connectivity index is 1.74. The van der Waals surface area contributed by atoms with E-state index in [4.69, 9.17) is 0 Å². The van der Waals surface area contributed by atoms with E-state index >= 15 is 0 Å². The van der Waals surface area contributed by atoms with Crippen LogP contribution in [0.25, 0.3) is 0 Å². The molecule has 0 spiro atoms. The Kier molecular flexibility index (Phi) is 5.98. The number of hydrogen-bond donors (Lipinski definition) is 0. The first-order chi connectivity index (χ1) is 11.3. The van der Waals surface area contributed by atoms with E-state index in [-0.39, 0.29) is 7.92 Å². The van der Waals surface area contributed by atoms with Crippen LogP contribution in [0.5, 0.6) is 0 Å². The van der Waals surface area contributed by atoms with Crippen molar-refractivity contribution in [3.8, 4) is 0 Å². The van der Waals surface area contributed by atoms with E-state index in [2.05, 4.69) is 94.2 Å². The zero-order valence-electron chi connectivity index (χ0n) is 13.2. The minimum absolute atomic E-state index is 0.264. The lowest BCUT2D eigenvalue weighted by atomic mass is 10.1. The van der Waals surface area contributed by atoms with Crippen molar-refractivity contribution in [1.29, 1.82) is 0 Å². The van der Waals surface area contributed by atoms with Crippen molar-refractivity contribution in [3.05, 3.63) is 90.5 Å². The highest BCUT2D eigenvalue weighted by atomic mass is 31.1. The van der Waals surface area contributed by atoms with Crippen LogP contribution in [0.15, 0.2) is 84.9 Å². The Morgan fingerprint density at radius 1 is 0.652 bits per heavy atom. The highest BCUT2D eigenvalue weighted by molar-refractivity contribution is 7.73. The third-order valence-electron chi connectivity index (χ3n) is 4.02. The quantitative estimate of drug-likeness (QED) is 0.590. The summed E-state index contributed by atoms with van der Waals surface area (Å²) >= 11 is 0. The number of benzene rings is 3. The van der Waals surface area contributed by atoms with Gasteiger partial charge in [0.25, 0.3) is 0 Å². The number of rotatable bonds is 6. The summed E-state index contributed by atoms with van der Waals surface area (Å²) < 4.78 is 0. The molecule has 2 heteroatoms. The van der Waals surface area contributed by atoms with Gasteiger partial charge in [-0.25, -0.2) is 0 Å². The van der Waals surface area contributed by atoms with E-state index in [0.29, 0.717) is 0 Å². The predicted molar refractivity (Wildman–Crippen MR) is 108 cm³/mol. The SMILES string of the molecule is Pc1ccccc1CCCP(c1ccccc1)c1ccccc1. The molecule has 3 rings (SSSR count). The highest BCUT2D eigenvalue weighted by Crippen LogP contribution is 2.34. The van der Waals surface area contributed by atoms with E-state index in [1.165, 1.54) is 34.1 Å². The fourth-order valence-electron chi connectivity index (χ4n) is 2.81. The highest BCUT2D eigenvalue weighted by Gasteiger charge is 2.13. The molecule has 3 aromatic carbocycles. The molecule has 0 nitrogen and oxygen atoms in total. The Labute approximate surface area is 142 Å². The normalized spacial score (nSPS) is 10.9. The molecular formula is C21H22P2. The van der Waals surface area contributed by atoms with Gasteiger partial charge in [0.15, 0.2) is 0 Å². The van der Waals surface area contributed by atoms with Gasteiger partial charge in [0.2, 0.25) is 0 Å². The molecule has 1 unspecified atom stereocenters. The van der Waals surface area contributed by atoms with Crippen molar-refractivity contribution in [3.63, 3.8) is 0 Å². The molecule has 0 aliphatic heterocycles. The lowest BCUT2D eigenvalue weighted by Crippen LogP contribution is -2.14. The van der Waals surface area contributed by atoms with Crippen LogP contribution >= 0.6 is 17.2 Å². The molecule has 3 aromatic rings. The topological polar surface area (TPSA) is 0 Å². The fraction of sp³-hybridized carbons (Fsp3) is 0.143. The lowest BCUT2D eigenvalue weighted by molar-refractivity contribution is 0.936. The second kappa shape index (κ2) is 8.39. The molecule has 0 aliphatic rings. The lowest BCUT2D eigenvalue weighted by Gasteiger charge is -2.19. The fourth-order valence-corrected chi connectivity index (χ4v) is 5.52. The second-order valence-electron chi connectivity index (χ2n) is 5.63. The van der Waals surface area contributed by atoms with Gasteiger partial charge in [-0.3, -0.25) is 0 Å². The van der Waals surface area contributed by atoms with Crippen LogP contribution in [0, 0.1) is 0 Å². The maximum absolute atomic E-state index is 2.86. The first-order valence-electron chi connectivity index (χ1n) is 8.05. The first kappa shape index (κ1) is 16.4. The molecule has 1 atom stereocenters. The van der Waals surface area contributed by atoms with Crippen molar-refractivity contribution in [1.82, 2.24) is 0 Å². The van der Waals surface area contributed by atoms with Crippen molar-refractivity contribution in [2.24, 2.45) is 0 Å². The molecule has 23 heavy (non-hydrogen) atoms. The van der Waals surface area contributed by atoms with Gasteiger partial charge in [-0.2, -0.15) is 0 Å². The molecule has 0 fully saturated rings. The van der Waals surface area contributed by atoms with Crippen molar-refractivity contribution in [2.75, 3.05) is 6.16 Å². The summed E-state index contributed by atoms with van der Waals surface area (Å²) in [5, 5.41) is 4.29. The third-order valence-corrected chi connectivity index (χ3v) is 7.19. The van der Waals surface area contributed by atoms with Gasteiger partial charge < -0.3 is 0 Å². The molecule has 0 aromatic heterocycles. The van der Waals surface area contributed by atoms with Gasteiger partial charge in [-0.15, -0.1) is 9.24 Å². The molecule has 0 radical (unpaired) electrons. The van der Waals surface area contributed by atoms with Gasteiger partial charge in [-0.1, -0.05) is 84.9 Å². The van der Waals surface area contributed by atoms with Gasteiger partial charge in [0, 0.05) is 0 Å². The summed E-state index contributed by atoms with van der Waals surface area (Å²) in [4.78, 5) is 0. The van der Waals surface area contributed by atoms with Crippen LogP contribution in [-0.2, 0) is 6.42 Å². The van der Waals surface area contributed by atoms with Gasteiger partial charge >= 0.3 is 0 Å². The summed E-state index contributed by atoms with van der Waals surface area (Å²) in [5.41, 5.74) is 1.45. The van der Waals surface area contributed by atoms with Crippen molar-refractivity contribution in [2.45, 2.75) is 12.8 Å². The largest absolute Gasteiger partial charge is 0.105 e. The third kappa shape index (κ3) is 4.51. The van der Waals surface area contributed by atoms with Crippen LogP contribution in [-0.4, -0.2) is 6.16 Å². The molecule has 0 bridgehead atoms. The molecule has 0 saturated carbocycles. The van der Waals surface area contributed by atoms with E-state index in [1.54, 1.807) is 0 Å². The minimum atomic E-state index is -0.264. The average Bonchev–Trinajstić information content (AvgIpc) is 2.62. The van der Waals surface area contributed by atoms with E-state index in [0.717, 1.165) is 6.42 Å². The van der Waals surface area contributed by atoms with Crippen molar-refractivity contribution >= 4 is 33.1 Å². The van der Waals surface area contributed by atoms with Crippen LogP contribution in [0.2, 0.25) is 0 Å². The summed E-state index contributed by atoms with van der Waals surface area (Å²) in [5.74, 6) is 0. The smallest absolute Gasteiger partial charge is 0.0195 e. The van der Waals surface area contributed by atoms with E-state index in [1.807, 2.05) is 0 Å². The Morgan fingerprint density at radius 3 is 1.74 bits per heavy atom. The Bertz CT molecular complexity index is 684. The maximum Gasteiger partial charge on any atom is -0.0195 e. The van der Waals surface area contributed by atoms with Gasteiger partial charge in [-0.05, 0) is 48.4 Å². The van der Waals surface area contributed by atoms with Gasteiger partial charge in [0.1, 0.15) is 0 Å². The summed E-state index contributed by atoms with van der Waals surface area (Å²) in [6.07, 6.45) is 3.61. The summed E-state index contributed by atoms with van der Waals surface area (Å²) in [6, 6.07) is 30.6. The summed E-state index contributed by atoms with van der Waals surface area (Å²) in [6.45, 7) is 0. The Hall–Kier alpha value is -1.48. The minimum Gasteiger partial charge on any atom is -0.105 e. The molecule has 0 amide bonds. The van der Waals surface area contributed by atoms with E-state index in [9.17, 15) is 0 Å². The number of hydrogen-bond acceptors (Lipinski definition) is 0. The summed E-state index contributed by atoms with van der Waals surface area (Å²) in [7, 11) is 2.59. The van der Waals surface area contributed by atoms with Gasteiger partial charge in [0.05, 0.1) is 0 Å². The molecule has 0 aliphatic carbocycles. The second-order valence-corrected chi connectivity index (χ2v) is 8.58. The maximum atomic E-state index is 2.86. The Morgan fingerprint density at radius 2 is 1.17 bits per heavy atom. The van der Waals surface area contributed by atoms with Crippen LogP contribution < -0.4 is 15.9 Å². The monoisotopic (exact) mass is 336 g/mol. The van der Waals surface area contributed by atoms with E-state index < -0.39 is 0 Å². The standard InChI is InChI=1S/C21H22P2/c22-21-16-8-7-10-18(21)11-9-17-23(19-12-3-1-4-13-19)20-14-5-2-6-15-20/h1-8,10,12-16H,9,11,17,22H2. The molecule has 0 heterocycles. The molecular weight excluding hydrogens is 314 g/mol. The van der Waals surface area contributed by atoms with Crippen LogP contribution in [0.4, 0.5) is 0 Å². The first-order valence-corrected chi connectivity index (χ1v) is 10.2. The van der Waals surface area contributed by atoms with Crippen LogP contribution in [0.3, 0.4) is 0 Å². The average molecular weight is 336 g/mol. The molecule has 116 valence electrons. The zero-order chi connectivity index (χ0) is 15.9. The van der Waals surface area contributed by atoms with Crippen LogP contribution in [0.1, 0.15) is 12.0 Å².